The summed E-state index contributed by atoms with van der Waals surface area (Å²) in [7, 11) is 1.69. The van der Waals surface area contributed by atoms with Gasteiger partial charge in [0.25, 0.3) is 0 Å². The third-order valence-corrected chi connectivity index (χ3v) is 5.21. The molecule has 2 aromatic heterocycles. The standard InChI is InChI=1S/C18H20N4OS.C2H4O.C2H6/c1-23-14-4-6-15(7-5-14)24-22-13-17(21-11-9-19-10-12-21)18-16(22)3-2-8-20-18;1-2-3;1-2/h2-8,13,19H,9-12H2,1H3;2H,1H3;1-2H3. The maximum absolute atomic E-state index is 8.81. The molecule has 0 unspecified atom stereocenters. The molecule has 0 aliphatic carbocycles. The number of carbonyl (C=O) groups excluding carboxylic acids is 1. The average Bonchev–Trinajstić information content (AvgIpc) is 3.15. The van der Waals surface area contributed by atoms with Gasteiger partial charge in [0.1, 0.15) is 17.6 Å². The third-order valence-electron chi connectivity index (χ3n) is 4.23. The molecule has 0 atom stereocenters. The van der Waals surface area contributed by atoms with E-state index < -0.39 is 0 Å². The minimum Gasteiger partial charge on any atom is -0.497 e. The van der Waals surface area contributed by atoms with E-state index in [4.69, 9.17) is 9.53 Å². The minimum absolute atomic E-state index is 0.750. The summed E-state index contributed by atoms with van der Waals surface area (Å²) in [5.41, 5.74) is 3.43. The van der Waals surface area contributed by atoms with Gasteiger partial charge in [0, 0.05) is 43.5 Å². The third kappa shape index (κ3) is 5.98. The van der Waals surface area contributed by atoms with Crippen LogP contribution < -0.4 is 15.0 Å². The monoisotopic (exact) mass is 414 g/mol. The molecule has 1 aromatic carbocycles. The number of aldehydes is 1. The van der Waals surface area contributed by atoms with Crippen LogP contribution in [0.25, 0.3) is 11.0 Å². The van der Waals surface area contributed by atoms with Gasteiger partial charge >= 0.3 is 0 Å². The van der Waals surface area contributed by atoms with Crippen LogP contribution in [0.1, 0.15) is 20.8 Å². The molecule has 0 saturated carbocycles. The van der Waals surface area contributed by atoms with Gasteiger partial charge in [-0.2, -0.15) is 0 Å². The van der Waals surface area contributed by atoms with Gasteiger partial charge in [-0.3, -0.25) is 8.96 Å². The zero-order valence-corrected chi connectivity index (χ0v) is 18.4. The summed E-state index contributed by atoms with van der Waals surface area (Å²) in [5.74, 6) is 0.875. The van der Waals surface area contributed by atoms with Gasteiger partial charge in [0.2, 0.25) is 0 Å². The second kappa shape index (κ2) is 12.1. The topological polar surface area (TPSA) is 59.4 Å². The Kier molecular flexibility index (Phi) is 9.53. The predicted molar refractivity (Wildman–Crippen MR) is 122 cm³/mol. The quantitative estimate of drug-likeness (QED) is 0.645. The van der Waals surface area contributed by atoms with Crippen molar-refractivity contribution in [3.05, 3.63) is 48.8 Å². The van der Waals surface area contributed by atoms with Crippen molar-refractivity contribution in [3.63, 3.8) is 0 Å². The van der Waals surface area contributed by atoms with Crippen LogP contribution in [0, 0.1) is 0 Å². The van der Waals surface area contributed by atoms with E-state index in [1.165, 1.54) is 17.5 Å². The Labute approximate surface area is 177 Å². The summed E-state index contributed by atoms with van der Waals surface area (Å²) >= 11 is 1.70. The fraction of sp³-hybridized carbons (Fsp3) is 0.364. The maximum atomic E-state index is 8.81. The molecule has 0 radical (unpaired) electrons. The van der Waals surface area contributed by atoms with E-state index in [9.17, 15) is 0 Å². The van der Waals surface area contributed by atoms with Crippen LogP contribution in [0.2, 0.25) is 0 Å². The predicted octanol–water partition coefficient (Wildman–Crippen LogP) is 4.24. The molecular weight excluding hydrogens is 384 g/mol. The number of hydrogen-bond donors (Lipinski definition) is 1. The Morgan fingerprint density at radius 2 is 1.79 bits per heavy atom. The summed E-state index contributed by atoms with van der Waals surface area (Å²) in [6, 6.07) is 12.3. The fourth-order valence-corrected chi connectivity index (χ4v) is 3.86. The summed E-state index contributed by atoms with van der Waals surface area (Å²) in [6.45, 7) is 9.52. The molecule has 7 heteroatoms. The van der Waals surface area contributed by atoms with Crippen LogP contribution >= 0.6 is 11.9 Å². The van der Waals surface area contributed by atoms with Gasteiger partial charge in [-0.25, -0.2) is 0 Å². The Morgan fingerprint density at radius 3 is 2.41 bits per heavy atom. The lowest BCUT2D eigenvalue weighted by atomic mass is 10.3. The average molecular weight is 415 g/mol. The molecule has 1 saturated heterocycles. The number of ether oxygens (including phenoxy) is 1. The molecule has 1 N–H and O–H groups in total. The number of methoxy groups -OCH3 is 1. The Balaban J connectivity index is 0.000000551. The first-order valence-corrected chi connectivity index (χ1v) is 10.7. The zero-order chi connectivity index (χ0) is 21.1. The number of nitrogens with zero attached hydrogens (tertiary/aromatic N) is 3. The van der Waals surface area contributed by atoms with Crippen molar-refractivity contribution in [1.82, 2.24) is 14.3 Å². The van der Waals surface area contributed by atoms with Gasteiger partial charge in [-0.05, 0) is 55.3 Å². The molecule has 1 aliphatic rings. The molecule has 3 heterocycles. The number of anilines is 1. The summed E-state index contributed by atoms with van der Waals surface area (Å²) < 4.78 is 7.44. The van der Waals surface area contributed by atoms with Crippen LogP contribution in [0.15, 0.2) is 53.7 Å². The van der Waals surface area contributed by atoms with E-state index >= 15 is 0 Å². The first-order valence-electron chi connectivity index (χ1n) is 9.90. The summed E-state index contributed by atoms with van der Waals surface area (Å²) in [6.07, 6.45) is 4.83. The van der Waals surface area contributed by atoms with Gasteiger partial charge in [0.15, 0.2) is 0 Å². The number of carbonyl (C=O) groups is 1. The van der Waals surface area contributed by atoms with E-state index in [2.05, 4.69) is 43.6 Å². The van der Waals surface area contributed by atoms with Crippen molar-refractivity contribution in [1.29, 1.82) is 0 Å². The molecule has 0 bridgehead atoms. The van der Waals surface area contributed by atoms with Crippen LogP contribution in [0.4, 0.5) is 5.69 Å². The summed E-state index contributed by atoms with van der Waals surface area (Å²) in [5, 5.41) is 3.40. The van der Waals surface area contributed by atoms with Crippen LogP contribution in [-0.4, -0.2) is 48.5 Å². The van der Waals surface area contributed by atoms with E-state index in [1.807, 2.05) is 38.2 Å². The second-order valence-electron chi connectivity index (χ2n) is 5.95. The van der Waals surface area contributed by atoms with Crippen molar-refractivity contribution in [2.45, 2.75) is 25.7 Å². The molecule has 3 aromatic rings. The molecule has 0 spiro atoms. The first kappa shape index (κ1) is 22.8. The number of piperazine rings is 1. The van der Waals surface area contributed by atoms with E-state index in [-0.39, 0.29) is 0 Å². The molecule has 156 valence electrons. The van der Waals surface area contributed by atoms with Crippen LogP contribution in [0.3, 0.4) is 0 Å². The lowest BCUT2D eigenvalue weighted by Crippen LogP contribution is -2.43. The first-order chi connectivity index (χ1) is 14.3. The molecular formula is C22H30N4O2S. The largest absolute Gasteiger partial charge is 0.497 e. The molecule has 6 nitrogen and oxygen atoms in total. The zero-order valence-electron chi connectivity index (χ0n) is 17.6. The van der Waals surface area contributed by atoms with Crippen LogP contribution in [0.5, 0.6) is 5.75 Å². The number of fused-ring (bicyclic) bond motifs is 1. The minimum atomic E-state index is 0.750. The van der Waals surface area contributed by atoms with Crippen molar-refractivity contribution < 1.29 is 9.53 Å². The van der Waals surface area contributed by atoms with Crippen molar-refractivity contribution in [2.24, 2.45) is 0 Å². The van der Waals surface area contributed by atoms with E-state index in [1.54, 1.807) is 19.1 Å². The highest BCUT2D eigenvalue weighted by molar-refractivity contribution is 7.98. The second-order valence-corrected chi connectivity index (χ2v) is 7.00. The van der Waals surface area contributed by atoms with Gasteiger partial charge in [0.05, 0.1) is 18.3 Å². The lowest BCUT2D eigenvalue weighted by molar-refractivity contribution is -0.106. The Hall–Kier alpha value is -2.51. The number of benzene rings is 1. The summed E-state index contributed by atoms with van der Waals surface area (Å²) in [4.78, 5) is 17.0. The molecule has 0 amide bonds. The Morgan fingerprint density at radius 1 is 1.14 bits per heavy atom. The number of aromatic nitrogens is 2. The molecule has 4 rings (SSSR count). The highest BCUT2D eigenvalue weighted by Crippen LogP contribution is 2.33. The molecule has 1 aliphatic heterocycles. The highest BCUT2D eigenvalue weighted by atomic mass is 32.2. The molecule has 29 heavy (non-hydrogen) atoms. The van der Waals surface area contributed by atoms with Crippen LogP contribution in [-0.2, 0) is 4.79 Å². The fourth-order valence-electron chi connectivity index (χ4n) is 2.98. The van der Waals surface area contributed by atoms with Gasteiger partial charge < -0.3 is 19.7 Å². The SMILES string of the molecule is CC.CC=O.COc1ccc(Sn2cc(N3CCNCC3)c3ncccc32)cc1. The maximum Gasteiger partial charge on any atom is 0.118 e. The molecule has 1 fully saturated rings. The number of hydrogen-bond acceptors (Lipinski definition) is 6. The van der Waals surface area contributed by atoms with Crippen molar-refractivity contribution in [2.75, 3.05) is 38.2 Å². The highest BCUT2D eigenvalue weighted by Gasteiger charge is 2.18. The van der Waals surface area contributed by atoms with E-state index in [0.717, 1.165) is 49.2 Å². The number of nitrogens with one attached hydrogen (secondary N) is 1. The van der Waals surface area contributed by atoms with Crippen molar-refractivity contribution >= 4 is 35.0 Å². The number of rotatable bonds is 4. The van der Waals surface area contributed by atoms with Gasteiger partial charge in [-0.1, -0.05) is 13.8 Å². The van der Waals surface area contributed by atoms with E-state index in [0.29, 0.717) is 0 Å². The normalized spacial score (nSPS) is 13.0. The lowest BCUT2D eigenvalue weighted by Gasteiger charge is -2.28. The van der Waals surface area contributed by atoms with Crippen molar-refractivity contribution in [3.8, 4) is 5.75 Å². The van der Waals surface area contributed by atoms with Gasteiger partial charge in [-0.15, -0.1) is 0 Å². The Bertz CT molecular complexity index is 874. The smallest absolute Gasteiger partial charge is 0.118 e. The number of pyridine rings is 1.